The van der Waals surface area contributed by atoms with Gasteiger partial charge in [-0.2, -0.15) is 0 Å². The first kappa shape index (κ1) is 12.6. The van der Waals surface area contributed by atoms with Gasteiger partial charge in [-0.3, -0.25) is 4.90 Å². The molecule has 0 radical (unpaired) electrons. The van der Waals surface area contributed by atoms with Gasteiger partial charge in [0.25, 0.3) is 0 Å². The van der Waals surface area contributed by atoms with E-state index in [1.54, 1.807) is 7.05 Å². The molecule has 0 aromatic heterocycles. The summed E-state index contributed by atoms with van der Waals surface area (Å²) >= 11 is 0. The highest BCUT2D eigenvalue weighted by molar-refractivity contribution is 5.86. The summed E-state index contributed by atoms with van der Waals surface area (Å²) in [5.41, 5.74) is 3.02. The Morgan fingerprint density at radius 2 is 1.88 bits per heavy atom. The van der Waals surface area contributed by atoms with Crippen LogP contribution in [-0.4, -0.2) is 18.2 Å². The van der Waals surface area contributed by atoms with Gasteiger partial charge in [0.15, 0.2) is 0 Å². The van der Waals surface area contributed by atoms with E-state index in [0.717, 1.165) is 11.3 Å². The van der Waals surface area contributed by atoms with Crippen molar-refractivity contribution in [1.82, 2.24) is 0 Å². The molecule has 0 heterocycles. The van der Waals surface area contributed by atoms with Gasteiger partial charge in [-0.05, 0) is 29.5 Å². The maximum absolute atomic E-state index is 10.9. The van der Waals surface area contributed by atoms with E-state index in [9.17, 15) is 4.79 Å². The van der Waals surface area contributed by atoms with Crippen LogP contribution < -0.4 is 4.90 Å². The maximum Gasteiger partial charge on any atom is 0.411 e. The van der Waals surface area contributed by atoms with Gasteiger partial charge in [0.1, 0.15) is 0 Å². The fraction of sp³-hybridized carbons (Fsp3) is 0.462. The minimum Gasteiger partial charge on any atom is -0.465 e. The molecule has 0 bridgehead atoms. The van der Waals surface area contributed by atoms with Crippen LogP contribution in [0.5, 0.6) is 0 Å². The van der Waals surface area contributed by atoms with E-state index in [4.69, 9.17) is 5.11 Å². The Balaban J connectivity index is 3.15. The Hall–Kier alpha value is -1.51. The van der Waals surface area contributed by atoms with Gasteiger partial charge in [-0.1, -0.05) is 32.9 Å². The molecule has 0 unspecified atom stereocenters. The van der Waals surface area contributed by atoms with Gasteiger partial charge in [0.05, 0.1) is 0 Å². The predicted octanol–water partition coefficient (Wildman–Crippen LogP) is 3.41. The molecule has 88 valence electrons. The van der Waals surface area contributed by atoms with Crippen molar-refractivity contribution in [2.24, 2.45) is 0 Å². The molecule has 0 saturated heterocycles. The third-order valence-electron chi connectivity index (χ3n) is 2.71. The number of carboxylic acid groups (broad SMARTS) is 1. The van der Waals surface area contributed by atoms with Gasteiger partial charge in [0, 0.05) is 12.7 Å². The summed E-state index contributed by atoms with van der Waals surface area (Å²) in [5.74, 6) is 0. The van der Waals surface area contributed by atoms with Gasteiger partial charge in [-0.25, -0.2) is 4.79 Å². The molecule has 1 N–H and O–H groups in total. The molecule has 0 atom stereocenters. The SMILES string of the molecule is Cc1cc(C(C)(C)C)ccc1N(C)C(=O)O. The number of rotatable bonds is 1. The number of nitrogens with zero attached hydrogens (tertiary/aromatic N) is 1. The molecule has 3 nitrogen and oxygen atoms in total. The number of carbonyl (C=O) groups is 1. The lowest BCUT2D eigenvalue weighted by molar-refractivity contribution is 0.203. The predicted molar refractivity (Wildman–Crippen MR) is 66.3 cm³/mol. The molecule has 3 heteroatoms. The van der Waals surface area contributed by atoms with E-state index in [0.29, 0.717) is 0 Å². The third-order valence-corrected chi connectivity index (χ3v) is 2.71. The Kier molecular flexibility index (Phi) is 3.27. The van der Waals surface area contributed by atoms with Gasteiger partial charge >= 0.3 is 6.09 Å². The topological polar surface area (TPSA) is 40.5 Å². The second-order valence-corrected chi connectivity index (χ2v) is 5.09. The van der Waals surface area contributed by atoms with Crippen LogP contribution in [-0.2, 0) is 5.41 Å². The highest BCUT2D eigenvalue weighted by Crippen LogP contribution is 2.27. The average Bonchev–Trinajstić information content (AvgIpc) is 2.15. The van der Waals surface area contributed by atoms with E-state index in [1.165, 1.54) is 10.5 Å². The van der Waals surface area contributed by atoms with Gasteiger partial charge in [0.2, 0.25) is 0 Å². The molecule has 0 saturated carbocycles. The van der Waals surface area contributed by atoms with Crippen molar-refractivity contribution in [1.29, 1.82) is 0 Å². The van der Waals surface area contributed by atoms with Gasteiger partial charge < -0.3 is 5.11 Å². The molecule has 0 fully saturated rings. The van der Waals surface area contributed by atoms with E-state index in [2.05, 4.69) is 26.8 Å². The molecule has 0 aliphatic rings. The van der Waals surface area contributed by atoms with Crippen LogP contribution in [0.15, 0.2) is 18.2 Å². The van der Waals surface area contributed by atoms with Crippen molar-refractivity contribution in [3.8, 4) is 0 Å². The first-order valence-electron chi connectivity index (χ1n) is 5.31. The van der Waals surface area contributed by atoms with Crippen LogP contribution >= 0.6 is 0 Å². The zero-order chi connectivity index (χ0) is 12.5. The third kappa shape index (κ3) is 2.54. The van der Waals surface area contributed by atoms with E-state index < -0.39 is 6.09 Å². The molecule has 16 heavy (non-hydrogen) atoms. The smallest absolute Gasteiger partial charge is 0.411 e. The van der Waals surface area contributed by atoms with Crippen LogP contribution in [0.3, 0.4) is 0 Å². The summed E-state index contributed by atoms with van der Waals surface area (Å²) in [5, 5.41) is 8.91. The normalized spacial score (nSPS) is 11.3. The fourth-order valence-electron chi connectivity index (χ4n) is 1.60. The number of hydrogen-bond donors (Lipinski definition) is 1. The quantitative estimate of drug-likeness (QED) is 0.789. The number of anilines is 1. The first-order chi connectivity index (χ1) is 7.23. The Labute approximate surface area is 96.7 Å². The molecule has 0 spiro atoms. The van der Waals surface area contributed by atoms with Crippen LogP contribution in [0.25, 0.3) is 0 Å². The summed E-state index contributed by atoms with van der Waals surface area (Å²) in [6.07, 6.45) is -0.938. The van der Waals surface area contributed by atoms with Crippen LogP contribution in [0.2, 0.25) is 0 Å². The molecule has 0 aliphatic carbocycles. The number of amides is 1. The van der Waals surface area contributed by atoms with Gasteiger partial charge in [-0.15, -0.1) is 0 Å². The highest BCUT2D eigenvalue weighted by atomic mass is 16.4. The summed E-state index contributed by atoms with van der Waals surface area (Å²) in [6, 6.07) is 5.90. The highest BCUT2D eigenvalue weighted by Gasteiger charge is 2.16. The van der Waals surface area contributed by atoms with Crippen molar-refractivity contribution >= 4 is 11.8 Å². The summed E-state index contributed by atoms with van der Waals surface area (Å²) in [7, 11) is 1.56. The van der Waals surface area contributed by atoms with Crippen LogP contribution in [0, 0.1) is 6.92 Å². The van der Waals surface area contributed by atoms with Crippen molar-refractivity contribution in [3.05, 3.63) is 29.3 Å². The minimum absolute atomic E-state index is 0.0884. The average molecular weight is 221 g/mol. The van der Waals surface area contributed by atoms with E-state index in [1.807, 2.05) is 19.1 Å². The van der Waals surface area contributed by atoms with Crippen molar-refractivity contribution in [2.45, 2.75) is 33.1 Å². The van der Waals surface area contributed by atoms with E-state index in [-0.39, 0.29) is 5.41 Å². The number of hydrogen-bond acceptors (Lipinski definition) is 1. The minimum atomic E-state index is -0.938. The van der Waals surface area contributed by atoms with Crippen LogP contribution in [0.1, 0.15) is 31.9 Å². The maximum atomic E-state index is 10.9. The summed E-state index contributed by atoms with van der Waals surface area (Å²) in [6.45, 7) is 8.36. The standard InChI is InChI=1S/C13H19NO2/c1-9-8-10(13(2,3)4)6-7-11(9)14(5)12(15)16/h6-8H,1-5H3,(H,15,16). The number of aryl methyl sites for hydroxylation is 1. The Bertz CT molecular complexity index is 405. The first-order valence-corrected chi connectivity index (χ1v) is 5.31. The second kappa shape index (κ2) is 4.16. The lowest BCUT2D eigenvalue weighted by Crippen LogP contribution is -2.24. The lowest BCUT2D eigenvalue weighted by Gasteiger charge is -2.22. The second-order valence-electron chi connectivity index (χ2n) is 5.09. The molecule has 1 aromatic carbocycles. The fourth-order valence-corrected chi connectivity index (χ4v) is 1.60. The lowest BCUT2D eigenvalue weighted by atomic mass is 9.86. The zero-order valence-electron chi connectivity index (χ0n) is 10.5. The van der Waals surface area contributed by atoms with Crippen molar-refractivity contribution in [3.63, 3.8) is 0 Å². The Morgan fingerprint density at radius 1 is 1.31 bits per heavy atom. The van der Waals surface area contributed by atoms with E-state index >= 15 is 0 Å². The molecule has 1 aromatic rings. The van der Waals surface area contributed by atoms with Crippen molar-refractivity contribution < 1.29 is 9.90 Å². The number of benzene rings is 1. The summed E-state index contributed by atoms with van der Waals surface area (Å²) < 4.78 is 0. The molecule has 1 amide bonds. The Morgan fingerprint density at radius 3 is 2.25 bits per heavy atom. The molecular formula is C13H19NO2. The monoisotopic (exact) mass is 221 g/mol. The zero-order valence-corrected chi connectivity index (χ0v) is 10.5. The van der Waals surface area contributed by atoms with Crippen LogP contribution in [0.4, 0.5) is 10.5 Å². The largest absolute Gasteiger partial charge is 0.465 e. The summed E-state index contributed by atoms with van der Waals surface area (Å²) in [4.78, 5) is 12.1. The van der Waals surface area contributed by atoms with Crippen molar-refractivity contribution in [2.75, 3.05) is 11.9 Å². The molecule has 0 aliphatic heterocycles. The molecular weight excluding hydrogens is 202 g/mol. The molecule has 1 rings (SSSR count).